The van der Waals surface area contributed by atoms with Gasteiger partial charge in [-0.2, -0.15) is 0 Å². The smallest absolute Gasteiger partial charge is 0.316 e. The largest absolute Gasteiger partial charge is 0.393 e. The van der Waals surface area contributed by atoms with E-state index in [0.29, 0.717) is 0 Å². The molecule has 0 saturated carbocycles. The van der Waals surface area contributed by atoms with Gasteiger partial charge in [-0.25, -0.2) is 0 Å². The van der Waals surface area contributed by atoms with Gasteiger partial charge in [0, 0.05) is 13.0 Å². The lowest BCUT2D eigenvalue weighted by atomic mass is 10.0. The molecule has 0 spiro atoms. The SMILES string of the molecule is CCCCCCCCCCCCCCCC(=O)OC(=O)CC(O)CN. The molecule has 0 amide bonds. The zero-order valence-electron chi connectivity index (χ0n) is 16.1. The molecule has 0 aliphatic carbocycles. The van der Waals surface area contributed by atoms with E-state index < -0.39 is 18.0 Å². The average Bonchev–Trinajstić information content (AvgIpc) is 2.58. The van der Waals surface area contributed by atoms with Crippen molar-refractivity contribution in [2.75, 3.05) is 6.54 Å². The number of unbranched alkanes of at least 4 members (excludes halogenated alkanes) is 12. The van der Waals surface area contributed by atoms with Crippen LogP contribution >= 0.6 is 0 Å². The van der Waals surface area contributed by atoms with Gasteiger partial charge in [0.15, 0.2) is 0 Å². The molecular weight excluding hydrogens is 318 g/mol. The number of carbonyl (C=O) groups is 2. The summed E-state index contributed by atoms with van der Waals surface area (Å²) >= 11 is 0. The van der Waals surface area contributed by atoms with Gasteiger partial charge in [0.2, 0.25) is 0 Å². The van der Waals surface area contributed by atoms with Gasteiger partial charge >= 0.3 is 11.9 Å². The molecule has 0 aromatic heterocycles. The van der Waals surface area contributed by atoms with Crippen LogP contribution in [0.1, 0.15) is 103 Å². The number of aliphatic hydroxyl groups excluding tert-OH is 1. The molecule has 0 aliphatic heterocycles. The highest BCUT2D eigenvalue weighted by molar-refractivity contribution is 5.85. The van der Waals surface area contributed by atoms with Crippen molar-refractivity contribution in [3.05, 3.63) is 0 Å². The maximum absolute atomic E-state index is 11.5. The van der Waals surface area contributed by atoms with E-state index in [0.717, 1.165) is 19.3 Å². The molecule has 5 nitrogen and oxygen atoms in total. The van der Waals surface area contributed by atoms with Gasteiger partial charge < -0.3 is 15.6 Å². The fourth-order valence-electron chi connectivity index (χ4n) is 2.78. The van der Waals surface area contributed by atoms with Crippen LogP contribution in [0, 0.1) is 0 Å². The van der Waals surface area contributed by atoms with Crippen LogP contribution in [0.25, 0.3) is 0 Å². The molecule has 148 valence electrons. The number of nitrogens with two attached hydrogens (primary N) is 1. The molecule has 1 atom stereocenters. The molecule has 0 rings (SSSR count). The first-order valence-electron chi connectivity index (χ1n) is 10.2. The van der Waals surface area contributed by atoms with Gasteiger partial charge in [-0.05, 0) is 6.42 Å². The third-order valence-electron chi connectivity index (χ3n) is 4.39. The fraction of sp³-hybridized carbons (Fsp3) is 0.900. The minimum Gasteiger partial charge on any atom is -0.393 e. The van der Waals surface area contributed by atoms with Crippen molar-refractivity contribution >= 4 is 11.9 Å². The molecule has 0 aliphatic rings. The first kappa shape index (κ1) is 24.1. The molecule has 0 aromatic carbocycles. The molecule has 25 heavy (non-hydrogen) atoms. The summed E-state index contributed by atoms with van der Waals surface area (Å²) in [6, 6.07) is 0. The van der Waals surface area contributed by atoms with Gasteiger partial charge in [0.05, 0.1) is 12.5 Å². The van der Waals surface area contributed by atoms with Gasteiger partial charge in [-0.3, -0.25) is 9.59 Å². The number of carbonyl (C=O) groups excluding carboxylic acids is 2. The first-order valence-corrected chi connectivity index (χ1v) is 10.2. The van der Waals surface area contributed by atoms with E-state index in [9.17, 15) is 14.7 Å². The van der Waals surface area contributed by atoms with E-state index in [1.165, 1.54) is 64.2 Å². The molecule has 1 unspecified atom stereocenters. The third-order valence-corrected chi connectivity index (χ3v) is 4.39. The van der Waals surface area contributed by atoms with Crippen LogP contribution in [0.5, 0.6) is 0 Å². The quantitative estimate of drug-likeness (QED) is 0.231. The summed E-state index contributed by atoms with van der Waals surface area (Å²) in [6.07, 6.45) is 15.3. The molecule has 0 aromatic rings. The molecule has 0 radical (unpaired) electrons. The molecule has 0 heterocycles. The third kappa shape index (κ3) is 17.7. The number of ether oxygens (including phenoxy) is 1. The molecule has 0 fully saturated rings. The minimum absolute atomic E-state index is 0.0118. The highest BCUT2D eigenvalue weighted by atomic mass is 16.6. The van der Waals surface area contributed by atoms with Crippen LogP contribution < -0.4 is 5.73 Å². The standard InChI is InChI=1S/C20H39NO4/c1-2-3-4-5-6-7-8-9-10-11-12-13-14-15-19(23)25-20(24)16-18(22)17-21/h18,22H,2-17,21H2,1H3. The van der Waals surface area contributed by atoms with Gasteiger partial charge in [-0.1, -0.05) is 84.0 Å². The minimum atomic E-state index is -0.934. The average molecular weight is 358 g/mol. The first-order chi connectivity index (χ1) is 12.1. The maximum Gasteiger partial charge on any atom is 0.316 e. The molecule has 0 bridgehead atoms. The zero-order chi connectivity index (χ0) is 18.8. The monoisotopic (exact) mass is 357 g/mol. The lowest BCUT2D eigenvalue weighted by molar-refractivity contribution is -0.160. The number of aliphatic hydroxyl groups is 1. The van der Waals surface area contributed by atoms with E-state index in [4.69, 9.17) is 5.73 Å². The van der Waals surface area contributed by atoms with Crippen molar-refractivity contribution in [2.45, 2.75) is 109 Å². The van der Waals surface area contributed by atoms with E-state index >= 15 is 0 Å². The number of esters is 2. The van der Waals surface area contributed by atoms with Crippen molar-refractivity contribution in [3.63, 3.8) is 0 Å². The Morgan fingerprint density at radius 3 is 1.68 bits per heavy atom. The Labute approximate surface area is 153 Å². The van der Waals surface area contributed by atoms with Crippen molar-refractivity contribution in [3.8, 4) is 0 Å². The van der Waals surface area contributed by atoms with Gasteiger partial charge in [-0.15, -0.1) is 0 Å². The second-order valence-corrected chi connectivity index (χ2v) is 6.93. The molecular formula is C20H39NO4. The molecule has 0 saturated heterocycles. The van der Waals surface area contributed by atoms with Crippen LogP contribution in [0.15, 0.2) is 0 Å². The Balaban J connectivity index is 3.30. The van der Waals surface area contributed by atoms with Gasteiger partial charge in [0.1, 0.15) is 0 Å². The zero-order valence-corrected chi connectivity index (χ0v) is 16.1. The number of hydrogen-bond acceptors (Lipinski definition) is 5. The summed E-state index contributed by atoms with van der Waals surface area (Å²) in [6.45, 7) is 2.24. The van der Waals surface area contributed by atoms with E-state index in [2.05, 4.69) is 11.7 Å². The molecule has 5 heteroatoms. The highest BCUT2D eigenvalue weighted by Crippen LogP contribution is 2.13. The van der Waals surface area contributed by atoms with Crippen molar-refractivity contribution in [1.82, 2.24) is 0 Å². The van der Waals surface area contributed by atoms with Crippen LogP contribution in [0.4, 0.5) is 0 Å². The normalized spacial score (nSPS) is 12.1. The Morgan fingerprint density at radius 1 is 0.800 bits per heavy atom. The van der Waals surface area contributed by atoms with E-state index in [1.807, 2.05) is 0 Å². The van der Waals surface area contributed by atoms with Crippen molar-refractivity contribution < 1.29 is 19.4 Å². The summed E-state index contributed by atoms with van der Waals surface area (Å²) in [5.74, 6) is -1.20. The van der Waals surface area contributed by atoms with E-state index in [-0.39, 0.29) is 19.4 Å². The summed E-state index contributed by atoms with van der Waals surface area (Å²) in [7, 11) is 0. The fourth-order valence-corrected chi connectivity index (χ4v) is 2.78. The van der Waals surface area contributed by atoms with Crippen molar-refractivity contribution in [2.24, 2.45) is 5.73 Å². The summed E-state index contributed by atoms with van der Waals surface area (Å²) in [5.41, 5.74) is 5.20. The topological polar surface area (TPSA) is 89.6 Å². The van der Waals surface area contributed by atoms with Crippen LogP contribution in [0.3, 0.4) is 0 Å². The lowest BCUT2D eigenvalue weighted by Crippen LogP contribution is -2.25. The summed E-state index contributed by atoms with van der Waals surface area (Å²) in [5, 5.41) is 9.20. The van der Waals surface area contributed by atoms with Gasteiger partial charge in [0.25, 0.3) is 0 Å². The summed E-state index contributed by atoms with van der Waals surface area (Å²) in [4.78, 5) is 22.8. The van der Waals surface area contributed by atoms with Crippen LogP contribution in [0.2, 0.25) is 0 Å². The highest BCUT2D eigenvalue weighted by Gasteiger charge is 2.14. The number of rotatable bonds is 17. The molecule has 3 N–H and O–H groups in total. The lowest BCUT2D eigenvalue weighted by Gasteiger charge is -2.06. The predicted molar refractivity (Wildman–Crippen MR) is 101 cm³/mol. The number of hydrogen-bond donors (Lipinski definition) is 2. The Kier molecular flexibility index (Phi) is 17.2. The second-order valence-electron chi connectivity index (χ2n) is 6.93. The summed E-state index contributed by atoms with van der Waals surface area (Å²) < 4.78 is 4.64. The van der Waals surface area contributed by atoms with Crippen LogP contribution in [-0.4, -0.2) is 29.7 Å². The maximum atomic E-state index is 11.5. The Morgan fingerprint density at radius 2 is 1.24 bits per heavy atom. The van der Waals surface area contributed by atoms with Crippen LogP contribution in [-0.2, 0) is 14.3 Å². The predicted octanol–water partition coefficient (Wildman–Crippen LogP) is 4.25. The van der Waals surface area contributed by atoms with Crippen molar-refractivity contribution in [1.29, 1.82) is 0 Å². The van der Waals surface area contributed by atoms with E-state index in [1.54, 1.807) is 0 Å². The second kappa shape index (κ2) is 17.9. The Hall–Kier alpha value is -0.940. The Bertz CT molecular complexity index is 334.